The highest BCUT2D eigenvalue weighted by Crippen LogP contribution is 2.46. The average molecular weight is 403 g/mol. The van der Waals surface area contributed by atoms with Crippen molar-refractivity contribution in [1.82, 2.24) is 4.98 Å². The van der Waals surface area contributed by atoms with Crippen molar-refractivity contribution in [2.75, 3.05) is 28.4 Å². The average Bonchev–Trinajstić information content (AvgIpc) is 3.22. The Labute approximate surface area is 176 Å². The summed E-state index contributed by atoms with van der Waals surface area (Å²) in [7, 11) is 6.64. The third-order valence-corrected chi connectivity index (χ3v) is 5.41. The molecule has 1 aromatic heterocycles. The van der Waals surface area contributed by atoms with Crippen LogP contribution in [0, 0.1) is 0 Å². The summed E-state index contributed by atoms with van der Waals surface area (Å²) in [6, 6.07) is 20.2. The largest absolute Gasteiger partial charge is 0.497 e. The molecule has 4 rings (SSSR count). The second kappa shape index (κ2) is 8.41. The molecule has 5 heteroatoms. The van der Waals surface area contributed by atoms with Gasteiger partial charge in [0.25, 0.3) is 0 Å². The van der Waals surface area contributed by atoms with Gasteiger partial charge >= 0.3 is 0 Å². The van der Waals surface area contributed by atoms with Crippen LogP contribution in [0.5, 0.6) is 23.0 Å². The summed E-state index contributed by atoms with van der Waals surface area (Å²) >= 11 is 0. The molecular weight excluding hydrogens is 378 g/mol. The number of H-pyrrole nitrogens is 1. The molecule has 0 spiro atoms. The van der Waals surface area contributed by atoms with Crippen LogP contribution in [-0.4, -0.2) is 33.4 Å². The van der Waals surface area contributed by atoms with Crippen LogP contribution in [0.4, 0.5) is 0 Å². The minimum Gasteiger partial charge on any atom is -0.497 e. The zero-order chi connectivity index (χ0) is 21.1. The quantitative estimate of drug-likeness (QED) is 0.450. The van der Waals surface area contributed by atoms with Gasteiger partial charge in [0.15, 0.2) is 0 Å². The lowest BCUT2D eigenvalue weighted by atomic mass is 9.83. The van der Waals surface area contributed by atoms with Crippen LogP contribution in [-0.2, 0) is 0 Å². The maximum absolute atomic E-state index is 5.79. The van der Waals surface area contributed by atoms with Crippen molar-refractivity contribution in [3.05, 3.63) is 83.6 Å². The number of aromatic nitrogens is 1. The third kappa shape index (κ3) is 3.43. The minimum atomic E-state index is -0.122. The lowest BCUT2D eigenvalue weighted by molar-refractivity contribution is 0.368. The number of methoxy groups -OCH3 is 4. The molecular formula is C25H25NO4. The molecule has 0 fully saturated rings. The van der Waals surface area contributed by atoms with E-state index in [2.05, 4.69) is 23.2 Å². The molecule has 3 aromatic carbocycles. The molecule has 0 saturated heterocycles. The van der Waals surface area contributed by atoms with Crippen LogP contribution in [0.3, 0.4) is 0 Å². The number of ether oxygens (including phenoxy) is 4. The van der Waals surface area contributed by atoms with E-state index in [-0.39, 0.29) is 5.92 Å². The third-order valence-electron chi connectivity index (χ3n) is 5.41. The van der Waals surface area contributed by atoms with Gasteiger partial charge in [0.05, 0.1) is 28.4 Å². The fourth-order valence-electron chi connectivity index (χ4n) is 3.95. The van der Waals surface area contributed by atoms with E-state index in [1.807, 2.05) is 48.7 Å². The predicted molar refractivity (Wildman–Crippen MR) is 118 cm³/mol. The lowest BCUT2D eigenvalue weighted by Gasteiger charge is -2.23. The molecule has 1 unspecified atom stereocenters. The SMILES string of the molecule is COc1cc(OC)c(C(c2ccccc2)c2c[nH]c3ccc(OC)cc23)c(OC)c1. The van der Waals surface area contributed by atoms with Gasteiger partial charge in [0.1, 0.15) is 23.0 Å². The molecule has 1 N–H and O–H groups in total. The Morgan fingerprint density at radius 3 is 1.97 bits per heavy atom. The second-order valence-electron chi connectivity index (χ2n) is 6.94. The van der Waals surface area contributed by atoms with E-state index in [1.54, 1.807) is 28.4 Å². The van der Waals surface area contributed by atoms with Crippen molar-refractivity contribution in [2.45, 2.75) is 5.92 Å². The van der Waals surface area contributed by atoms with E-state index in [9.17, 15) is 0 Å². The van der Waals surface area contributed by atoms with Gasteiger partial charge in [-0.05, 0) is 29.3 Å². The normalized spacial score (nSPS) is 11.9. The van der Waals surface area contributed by atoms with Crippen molar-refractivity contribution < 1.29 is 18.9 Å². The highest BCUT2D eigenvalue weighted by Gasteiger charge is 2.28. The maximum Gasteiger partial charge on any atom is 0.130 e. The molecule has 1 atom stereocenters. The Bertz CT molecular complexity index is 1130. The monoisotopic (exact) mass is 403 g/mol. The zero-order valence-corrected chi connectivity index (χ0v) is 17.6. The molecule has 0 bridgehead atoms. The van der Waals surface area contributed by atoms with Crippen LogP contribution in [0.25, 0.3) is 10.9 Å². The number of fused-ring (bicyclic) bond motifs is 1. The van der Waals surface area contributed by atoms with Crippen LogP contribution < -0.4 is 18.9 Å². The number of hydrogen-bond acceptors (Lipinski definition) is 4. The van der Waals surface area contributed by atoms with Crippen LogP contribution in [0.15, 0.2) is 66.9 Å². The smallest absolute Gasteiger partial charge is 0.130 e. The summed E-state index contributed by atoms with van der Waals surface area (Å²) in [5.41, 5.74) is 4.22. The number of nitrogens with one attached hydrogen (secondary N) is 1. The van der Waals surface area contributed by atoms with Gasteiger partial charge in [-0.2, -0.15) is 0 Å². The van der Waals surface area contributed by atoms with E-state index in [4.69, 9.17) is 18.9 Å². The highest BCUT2D eigenvalue weighted by atomic mass is 16.5. The van der Waals surface area contributed by atoms with Gasteiger partial charge in [-0.3, -0.25) is 0 Å². The van der Waals surface area contributed by atoms with Gasteiger partial charge in [0, 0.05) is 40.7 Å². The molecule has 30 heavy (non-hydrogen) atoms. The van der Waals surface area contributed by atoms with E-state index >= 15 is 0 Å². The first-order valence-electron chi connectivity index (χ1n) is 9.70. The summed E-state index contributed by atoms with van der Waals surface area (Å²) in [5, 5.41) is 1.09. The molecule has 0 aliphatic carbocycles. The van der Waals surface area contributed by atoms with Crippen molar-refractivity contribution in [3.8, 4) is 23.0 Å². The first-order chi connectivity index (χ1) is 14.7. The van der Waals surface area contributed by atoms with Gasteiger partial charge in [-0.15, -0.1) is 0 Å². The summed E-state index contributed by atoms with van der Waals surface area (Å²) in [6.45, 7) is 0. The van der Waals surface area contributed by atoms with Crippen LogP contribution in [0.2, 0.25) is 0 Å². The Hall–Kier alpha value is -3.60. The summed E-state index contributed by atoms with van der Waals surface area (Å²) in [4.78, 5) is 3.40. The topological polar surface area (TPSA) is 52.7 Å². The Balaban J connectivity index is 2.03. The highest BCUT2D eigenvalue weighted by molar-refractivity contribution is 5.86. The lowest BCUT2D eigenvalue weighted by Crippen LogP contribution is -2.08. The van der Waals surface area contributed by atoms with Crippen molar-refractivity contribution in [2.24, 2.45) is 0 Å². The van der Waals surface area contributed by atoms with Crippen LogP contribution in [0.1, 0.15) is 22.6 Å². The molecule has 5 nitrogen and oxygen atoms in total. The van der Waals surface area contributed by atoms with E-state index < -0.39 is 0 Å². The number of benzene rings is 3. The van der Waals surface area contributed by atoms with Gasteiger partial charge < -0.3 is 23.9 Å². The van der Waals surface area contributed by atoms with Crippen molar-refractivity contribution >= 4 is 10.9 Å². The maximum atomic E-state index is 5.79. The zero-order valence-electron chi connectivity index (χ0n) is 17.6. The summed E-state index contributed by atoms with van der Waals surface area (Å²) in [6.07, 6.45) is 2.05. The van der Waals surface area contributed by atoms with E-state index in [0.717, 1.165) is 33.3 Å². The number of aromatic amines is 1. The summed E-state index contributed by atoms with van der Waals surface area (Å²) < 4.78 is 22.5. The Morgan fingerprint density at radius 1 is 0.700 bits per heavy atom. The summed E-state index contributed by atoms with van der Waals surface area (Å²) in [5.74, 6) is 2.78. The van der Waals surface area contributed by atoms with Gasteiger partial charge in [0.2, 0.25) is 0 Å². The van der Waals surface area contributed by atoms with Gasteiger partial charge in [-0.25, -0.2) is 0 Å². The van der Waals surface area contributed by atoms with Crippen molar-refractivity contribution in [1.29, 1.82) is 0 Å². The molecule has 0 saturated carbocycles. The fraction of sp³-hybridized carbons (Fsp3) is 0.200. The second-order valence-corrected chi connectivity index (χ2v) is 6.94. The Morgan fingerprint density at radius 2 is 1.37 bits per heavy atom. The molecule has 154 valence electrons. The van der Waals surface area contributed by atoms with Gasteiger partial charge in [-0.1, -0.05) is 30.3 Å². The molecule has 0 radical (unpaired) electrons. The fourth-order valence-corrected chi connectivity index (χ4v) is 3.95. The van der Waals surface area contributed by atoms with E-state index in [1.165, 1.54) is 0 Å². The number of rotatable bonds is 7. The van der Waals surface area contributed by atoms with Crippen molar-refractivity contribution in [3.63, 3.8) is 0 Å². The molecule has 0 aliphatic rings. The Kier molecular flexibility index (Phi) is 5.53. The minimum absolute atomic E-state index is 0.122. The molecule has 4 aromatic rings. The number of hydrogen-bond donors (Lipinski definition) is 1. The molecule has 0 amide bonds. The van der Waals surface area contributed by atoms with E-state index in [0.29, 0.717) is 17.2 Å². The first-order valence-corrected chi connectivity index (χ1v) is 9.70. The predicted octanol–water partition coefficient (Wildman–Crippen LogP) is 5.38. The molecule has 0 aliphatic heterocycles. The molecule has 1 heterocycles. The first kappa shape index (κ1) is 19.7. The van der Waals surface area contributed by atoms with Crippen LogP contribution >= 0.6 is 0 Å². The standard InChI is InChI=1S/C25H25NO4/c1-27-17-10-11-21-19(12-17)20(15-26-21)24(16-8-6-5-7-9-16)25-22(29-3)13-18(28-2)14-23(25)30-4/h5-15,24,26H,1-4H3.